The van der Waals surface area contributed by atoms with Crippen molar-refractivity contribution in [2.75, 3.05) is 5.33 Å². The van der Waals surface area contributed by atoms with Crippen LogP contribution in [0.1, 0.15) is 11.6 Å². The maximum absolute atomic E-state index is 12.9. The number of hydrogen-bond acceptors (Lipinski definition) is 2. The predicted octanol–water partition coefficient (Wildman–Crippen LogP) is 2.71. The van der Waals surface area contributed by atoms with E-state index in [-0.39, 0.29) is 10.9 Å². The van der Waals surface area contributed by atoms with Gasteiger partial charge in [-0.05, 0) is 5.56 Å². The Morgan fingerprint density at radius 2 is 1.75 bits per heavy atom. The summed E-state index contributed by atoms with van der Waals surface area (Å²) < 4.78 is 50.0. The first-order valence-electron chi connectivity index (χ1n) is 5.41. The molecule has 0 saturated carbocycles. The summed E-state index contributed by atoms with van der Waals surface area (Å²) in [5.74, 6) is -7.66. The van der Waals surface area contributed by atoms with Crippen LogP contribution in [0.25, 0.3) is 0 Å². The first-order chi connectivity index (χ1) is 9.30. The number of Topliss-reactive ketones (excluding diaryl/α,β-unsaturated/α-hetero) is 1. The minimum atomic E-state index is -4.85. The van der Waals surface area contributed by atoms with E-state index in [0.29, 0.717) is 0 Å². The largest absolute Gasteiger partial charge is 0.383 e. The zero-order valence-electron chi connectivity index (χ0n) is 9.95. The predicted molar refractivity (Wildman–Crippen MR) is 67.1 cm³/mol. The molecule has 1 unspecified atom stereocenters. The van der Waals surface area contributed by atoms with Crippen molar-refractivity contribution < 1.29 is 27.2 Å². The molecule has 0 aliphatic carbocycles. The van der Waals surface area contributed by atoms with Gasteiger partial charge >= 0.3 is 12.3 Å². The number of alkyl halides is 5. The monoisotopic (exact) mass is 355 g/mol. The number of nitrogens with one attached hydrogen (secondary N) is 1. The van der Waals surface area contributed by atoms with Crippen molar-refractivity contribution in [3.8, 4) is 0 Å². The zero-order valence-corrected chi connectivity index (χ0v) is 11.5. The molecule has 3 nitrogen and oxygen atoms in total. The van der Waals surface area contributed by atoms with Crippen LogP contribution in [0.15, 0.2) is 30.3 Å². The molecule has 1 atom stereocenters. The van der Waals surface area contributed by atoms with Crippen LogP contribution in [0.3, 0.4) is 0 Å². The van der Waals surface area contributed by atoms with Gasteiger partial charge in [0.05, 0.1) is 5.33 Å². The number of halogens is 5. The van der Waals surface area contributed by atoms with Crippen molar-refractivity contribution in [1.29, 1.82) is 0 Å². The molecule has 0 radical (unpaired) electrons. The smallest absolute Gasteiger partial charge is 0.337 e. The van der Waals surface area contributed by atoms with Crippen molar-refractivity contribution in [3.63, 3.8) is 0 Å². The van der Waals surface area contributed by atoms with Gasteiger partial charge < -0.3 is 5.32 Å². The van der Waals surface area contributed by atoms with Gasteiger partial charge in [0.1, 0.15) is 6.04 Å². The maximum atomic E-state index is 12.9. The molecule has 1 aromatic carbocycles. The van der Waals surface area contributed by atoms with Crippen LogP contribution >= 0.6 is 15.9 Å². The molecular weight excluding hydrogens is 346 g/mol. The highest BCUT2D eigenvalue weighted by Crippen LogP contribution is 2.25. The second-order valence-electron chi connectivity index (χ2n) is 3.84. The number of rotatable bonds is 6. The van der Waals surface area contributed by atoms with E-state index in [1.54, 1.807) is 11.4 Å². The average Bonchev–Trinajstić information content (AvgIpc) is 2.44. The van der Waals surface area contributed by atoms with E-state index in [9.17, 15) is 27.2 Å². The van der Waals surface area contributed by atoms with Crippen LogP contribution in [0.2, 0.25) is 0 Å². The van der Waals surface area contributed by atoms with Gasteiger partial charge in [0, 0.05) is 0 Å². The van der Waals surface area contributed by atoms with Crippen LogP contribution < -0.4 is 5.32 Å². The summed E-state index contributed by atoms with van der Waals surface area (Å²) in [4.78, 5) is 22.9. The third-order valence-electron chi connectivity index (χ3n) is 2.44. The molecule has 0 aliphatic rings. The molecule has 0 heterocycles. The summed E-state index contributed by atoms with van der Waals surface area (Å²) in [5, 5.41) is 1.44. The van der Waals surface area contributed by atoms with Gasteiger partial charge in [-0.15, -0.1) is 0 Å². The van der Waals surface area contributed by atoms with Crippen molar-refractivity contribution in [3.05, 3.63) is 35.9 Å². The van der Waals surface area contributed by atoms with Crippen molar-refractivity contribution in [2.45, 2.75) is 18.4 Å². The Hall–Kier alpha value is -1.44. The molecule has 0 fully saturated rings. The highest BCUT2D eigenvalue weighted by Gasteiger charge is 2.49. The van der Waals surface area contributed by atoms with Crippen molar-refractivity contribution in [2.24, 2.45) is 0 Å². The van der Waals surface area contributed by atoms with E-state index in [1.807, 2.05) is 0 Å². The van der Waals surface area contributed by atoms with E-state index in [4.69, 9.17) is 0 Å². The van der Waals surface area contributed by atoms with Gasteiger partial charge in [0.2, 0.25) is 0 Å². The van der Waals surface area contributed by atoms with Gasteiger partial charge in [-0.3, -0.25) is 9.59 Å². The fraction of sp³-hybridized carbons (Fsp3) is 0.333. The molecule has 1 amide bonds. The van der Waals surface area contributed by atoms with Gasteiger partial charge in [-0.25, -0.2) is 8.78 Å². The summed E-state index contributed by atoms with van der Waals surface area (Å²) in [6.07, 6.45) is -4.14. The average molecular weight is 356 g/mol. The Morgan fingerprint density at radius 1 is 1.20 bits per heavy atom. The topological polar surface area (TPSA) is 46.2 Å². The minimum Gasteiger partial charge on any atom is -0.337 e. The van der Waals surface area contributed by atoms with Gasteiger partial charge in [-0.2, -0.15) is 8.78 Å². The second-order valence-corrected chi connectivity index (χ2v) is 4.40. The van der Waals surface area contributed by atoms with Gasteiger partial charge in [-0.1, -0.05) is 46.3 Å². The Labute approximate surface area is 120 Å². The zero-order chi connectivity index (χ0) is 15.3. The summed E-state index contributed by atoms with van der Waals surface area (Å²) >= 11 is 2.85. The highest BCUT2D eigenvalue weighted by atomic mass is 79.9. The van der Waals surface area contributed by atoms with Crippen molar-refractivity contribution in [1.82, 2.24) is 5.32 Å². The van der Waals surface area contributed by atoms with Crippen LogP contribution in [0, 0.1) is 0 Å². The normalized spacial score (nSPS) is 13.1. The number of ketones is 1. The number of benzene rings is 1. The first-order valence-corrected chi connectivity index (χ1v) is 6.53. The maximum Gasteiger partial charge on any atom is 0.383 e. The molecule has 0 saturated heterocycles. The molecule has 110 valence electrons. The molecule has 1 rings (SSSR count). The van der Waals surface area contributed by atoms with E-state index in [2.05, 4.69) is 15.9 Å². The molecule has 0 aliphatic heterocycles. The van der Waals surface area contributed by atoms with Crippen molar-refractivity contribution >= 4 is 27.6 Å². The Balaban J connectivity index is 2.98. The third-order valence-corrected chi connectivity index (χ3v) is 2.99. The Bertz CT molecular complexity index is 482. The SMILES string of the molecule is O=C(CBr)C(NC(=O)C(F)(F)C(F)F)c1ccccc1. The third kappa shape index (κ3) is 3.78. The molecule has 20 heavy (non-hydrogen) atoms. The minimum absolute atomic E-state index is 0.215. The van der Waals surface area contributed by atoms with E-state index >= 15 is 0 Å². The molecular formula is C12H10BrF4NO2. The highest BCUT2D eigenvalue weighted by molar-refractivity contribution is 9.09. The van der Waals surface area contributed by atoms with E-state index in [0.717, 1.165) is 0 Å². The molecule has 0 bridgehead atoms. The van der Waals surface area contributed by atoms with Crippen LogP contribution in [0.5, 0.6) is 0 Å². The van der Waals surface area contributed by atoms with E-state index in [1.165, 1.54) is 24.3 Å². The Kier molecular flexibility index (Phi) is 5.67. The quantitative estimate of drug-likeness (QED) is 0.629. The summed E-state index contributed by atoms with van der Waals surface area (Å²) in [5.41, 5.74) is 0.232. The fourth-order valence-electron chi connectivity index (χ4n) is 1.40. The van der Waals surface area contributed by atoms with Crippen LogP contribution in [-0.4, -0.2) is 29.4 Å². The number of carbonyl (C=O) groups is 2. The van der Waals surface area contributed by atoms with E-state index < -0.39 is 30.1 Å². The molecule has 1 N–H and O–H groups in total. The molecule has 0 aromatic heterocycles. The van der Waals surface area contributed by atoms with Crippen LogP contribution in [-0.2, 0) is 9.59 Å². The van der Waals surface area contributed by atoms with Crippen LogP contribution in [0.4, 0.5) is 17.6 Å². The lowest BCUT2D eigenvalue weighted by Crippen LogP contribution is -2.48. The lowest BCUT2D eigenvalue weighted by molar-refractivity contribution is -0.170. The lowest BCUT2D eigenvalue weighted by atomic mass is 10.0. The Morgan fingerprint density at radius 3 is 2.20 bits per heavy atom. The lowest BCUT2D eigenvalue weighted by Gasteiger charge is -2.21. The summed E-state index contributed by atoms with van der Waals surface area (Å²) in [6.45, 7) is 0. The number of hydrogen-bond donors (Lipinski definition) is 1. The molecule has 8 heteroatoms. The first kappa shape index (κ1) is 16.6. The second kappa shape index (κ2) is 6.83. The van der Waals surface area contributed by atoms with Gasteiger partial charge in [0.15, 0.2) is 5.78 Å². The molecule has 1 aromatic rings. The standard InChI is InChI=1S/C12H10BrF4NO2/c13-6-8(19)9(7-4-2-1-3-5-7)18-11(20)12(16,17)10(14)15/h1-5,9-10H,6H2,(H,18,20). The van der Waals surface area contributed by atoms with Gasteiger partial charge in [0.25, 0.3) is 5.91 Å². The number of carbonyl (C=O) groups excluding carboxylic acids is 2. The summed E-state index contributed by atoms with van der Waals surface area (Å²) in [7, 11) is 0. The fourth-order valence-corrected chi connectivity index (χ4v) is 1.72. The molecule has 0 spiro atoms. The number of amides is 1. The summed E-state index contributed by atoms with van der Waals surface area (Å²) in [6, 6.07) is 6.11.